The van der Waals surface area contributed by atoms with Crippen LogP contribution in [0.1, 0.15) is 19.3 Å². The second-order valence-corrected chi connectivity index (χ2v) is 2.69. The van der Waals surface area contributed by atoms with E-state index >= 15 is 0 Å². The fourth-order valence-corrected chi connectivity index (χ4v) is 1.27. The Morgan fingerprint density at radius 1 is 1.70 bits per heavy atom. The molecule has 0 bridgehead atoms. The second kappa shape index (κ2) is 3.68. The standard InChI is InChI=1S/C7H13NO2/c9-5-7(10)4-6-2-1-3-8-6/h6,8-9H,1-5H2. The van der Waals surface area contributed by atoms with E-state index in [0.717, 1.165) is 19.4 Å². The van der Waals surface area contributed by atoms with E-state index in [1.54, 1.807) is 0 Å². The Balaban J connectivity index is 2.17. The van der Waals surface area contributed by atoms with Gasteiger partial charge >= 0.3 is 0 Å². The molecule has 1 heterocycles. The van der Waals surface area contributed by atoms with Gasteiger partial charge in [-0.1, -0.05) is 0 Å². The first-order chi connectivity index (χ1) is 4.83. The van der Waals surface area contributed by atoms with Crippen molar-refractivity contribution in [2.45, 2.75) is 25.3 Å². The van der Waals surface area contributed by atoms with Crippen LogP contribution in [0.4, 0.5) is 0 Å². The maximum atomic E-state index is 10.7. The zero-order valence-corrected chi connectivity index (χ0v) is 5.97. The fourth-order valence-electron chi connectivity index (χ4n) is 1.27. The molecule has 58 valence electrons. The number of carbonyl (C=O) groups excluding carboxylic acids is 1. The first-order valence-corrected chi connectivity index (χ1v) is 3.69. The number of rotatable bonds is 3. The van der Waals surface area contributed by atoms with Gasteiger partial charge in [0.2, 0.25) is 0 Å². The van der Waals surface area contributed by atoms with E-state index in [1.807, 2.05) is 0 Å². The van der Waals surface area contributed by atoms with Gasteiger partial charge in [0, 0.05) is 12.5 Å². The van der Waals surface area contributed by atoms with Crippen LogP contribution in [0.5, 0.6) is 0 Å². The second-order valence-electron chi connectivity index (χ2n) is 2.69. The molecule has 10 heavy (non-hydrogen) atoms. The van der Waals surface area contributed by atoms with Crippen molar-refractivity contribution in [2.24, 2.45) is 0 Å². The van der Waals surface area contributed by atoms with Crippen molar-refractivity contribution in [3.8, 4) is 0 Å². The largest absolute Gasteiger partial charge is 0.389 e. The lowest BCUT2D eigenvalue weighted by atomic mass is 10.1. The number of hydrogen-bond acceptors (Lipinski definition) is 3. The topological polar surface area (TPSA) is 49.3 Å². The molecule has 0 saturated carbocycles. The molecule has 0 amide bonds. The summed E-state index contributed by atoms with van der Waals surface area (Å²) >= 11 is 0. The van der Waals surface area contributed by atoms with E-state index in [-0.39, 0.29) is 12.4 Å². The maximum Gasteiger partial charge on any atom is 0.159 e. The van der Waals surface area contributed by atoms with E-state index in [0.29, 0.717) is 12.5 Å². The summed E-state index contributed by atoms with van der Waals surface area (Å²) in [7, 11) is 0. The lowest BCUT2D eigenvalue weighted by Gasteiger charge is -2.06. The highest BCUT2D eigenvalue weighted by Crippen LogP contribution is 2.08. The number of hydrogen-bond donors (Lipinski definition) is 2. The first-order valence-electron chi connectivity index (χ1n) is 3.69. The molecule has 1 fully saturated rings. The van der Waals surface area contributed by atoms with Crippen molar-refractivity contribution in [2.75, 3.05) is 13.2 Å². The minimum Gasteiger partial charge on any atom is -0.389 e. The van der Waals surface area contributed by atoms with Gasteiger partial charge in [-0.2, -0.15) is 0 Å². The van der Waals surface area contributed by atoms with Gasteiger partial charge in [0.1, 0.15) is 6.61 Å². The first kappa shape index (κ1) is 7.69. The number of Topliss-reactive ketones (excluding diaryl/α,β-unsaturated/α-hetero) is 1. The van der Waals surface area contributed by atoms with Gasteiger partial charge in [0.15, 0.2) is 5.78 Å². The zero-order valence-electron chi connectivity index (χ0n) is 5.97. The summed E-state index contributed by atoms with van der Waals surface area (Å²) in [4.78, 5) is 10.7. The Kier molecular flexibility index (Phi) is 2.83. The molecule has 3 nitrogen and oxygen atoms in total. The van der Waals surface area contributed by atoms with Crippen molar-refractivity contribution in [1.82, 2.24) is 5.32 Å². The maximum absolute atomic E-state index is 10.7. The van der Waals surface area contributed by atoms with Crippen molar-refractivity contribution >= 4 is 5.78 Å². The van der Waals surface area contributed by atoms with Crippen LogP contribution >= 0.6 is 0 Å². The highest BCUT2D eigenvalue weighted by atomic mass is 16.3. The predicted molar refractivity (Wildman–Crippen MR) is 37.7 cm³/mol. The minimum absolute atomic E-state index is 0.0561. The molecule has 1 unspecified atom stereocenters. The minimum atomic E-state index is -0.307. The Labute approximate surface area is 60.4 Å². The Bertz CT molecular complexity index is 119. The average Bonchev–Trinajstić information content (AvgIpc) is 2.40. The summed E-state index contributed by atoms with van der Waals surface area (Å²) in [5, 5.41) is 11.6. The molecule has 2 N–H and O–H groups in total. The van der Waals surface area contributed by atoms with Crippen LogP contribution in [0.15, 0.2) is 0 Å². The van der Waals surface area contributed by atoms with Crippen molar-refractivity contribution in [1.29, 1.82) is 0 Å². The van der Waals surface area contributed by atoms with Crippen molar-refractivity contribution in [3.63, 3.8) is 0 Å². The third-order valence-electron chi connectivity index (χ3n) is 1.81. The van der Waals surface area contributed by atoms with Gasteiger partial charge in [-0.15, -0.1) is 0 Å². The summed E-state index contributed by atoms with van der Waals surface area (Å²) in [5.41, 5.74) is 0. The van der Waals surface area contributed by atoms with Crippen LogP contribution in [-0.2, 0) is 4.79 Å². The number of carbonyl (C=O) groups is 1. The lowest BCUT2D eigenvalue weighted by molar-refractivity contribution is -0.122. The molecule has 3 heteroatoms. The highest BCUT2D eigenvalue weighted by Gasteiger charge is 2.16. The Hall–Kier alpha value is -0.410. The van der Waals surface area contributed by atoms with Gasteiger partial charge in [0.25, 0.3) is 0 Å². The van der Waals surface area contributed by atoms with Crippen LogP contribution in [0.3, 0.4) is 0 Å². The smallest absolute Gasteiger partial charge is 0.159 e. The Morgan fingerprint density at radius 3 is 3.00 bits per heavy atom. The molecule has 0 spiro atoms. The van der Waals surface area contributed by atoms with Gasteiger partial charge in [0.05, 0.1) is 0 Å². The number of aliphatic hydroxyl groups excluding tert-OH is 1. The fraction of sp³-hybridized carbons (Fsp3) is 0.857. The quantitative estimate of drug-likeness (QED) is 0.569. The number of aliphatic hydroxyl groups is 1. The van der Waals surface area contributed by atoms with Gasteiger partial charge < -0.3 is 10.4 Å². The molecule has 0 aliphatic carbocycles. The van der Waals surface area contributed by atoms with Gasteiger partial charge in [-0.3, -0.25) is 4.79 Å². The molecule has 0 aromatic rings. The van der Waals surface area contributed by atoms with E-state index in [2.05, 4.69) is 5.32 Å². The third-order valence-corrected chi connectivity index (χ3v) is 1.81. The number of nitrogens with one attached hydrogen (secondary N) is 1. The van der Waals surface area contributed by atoms with E-state index in [4.69, 9.17) is 5.11 Å². The molecular weight excluding hydrogens is 130 g/mol. The molecule has 1 aliphatic heterocycles. The summed E-state index contributed by atoms with van der Waals surface area (Å²) in [6.07, 6.45) is 2.73. The number of ketones is 1. The van der Waals surface area contributed by atoms with Crippen molar-refractivity contribution < 1.29 is 9.90 Å². The van der Waals surface area contributed by atoms with Gasteiger partial charge in [-0.25, -0.2) is 0 Å². The zero-order chi connectivity index (χ0) is 7.40. The lowest BCUT2D eigenvalue weighted by Crippen LogP contribution is -2.25. The molecular formula is C7H13NO2. The summed E-state index contributed by atoms with van der Waals surface area (Å²) in [6.45, 7) is 0.710. The molecule has 0 aromatic carbocycles. The van der Waals surface area contributed by atoms with Crippen molar-refractivity contribution in [3.05, 3.63) is 0 Å². The summed E-state index contributed by atoms with van der Waals surface area (Å²) in [5.74, 6) is -0.0561. The normalized spacial score (nSPS) is 25.1. The van der Waals surface area contributed by atoms with E-state index < -0.39 is 0 Å². The van der Waals surface area contributed by atoms with Gasteiger partial charge in [-0.05, 0) is 19.4 Å². The SMILES string of the molecule is O=C(CO)CC1CCCN1. The molecule has 1 saturated heterocycles. The highest BCUT2D eigenvalue weighted by molar-refractivity contribution is 5.79. The third kappa shape index (κ3) is 2.08. The van der Waals surface area contributed by atoms with E-state index in [1.165, 1.54) is 0 Å². The van der Waals surface area contributed by atoms with Crippen LogP contribution in [-0.4, -0.2) is 30.1 Å². The molecule has 0 aromatic heterocycles. The molecule has 0 radical (unpaired) electrons. The van der Waals surface area contributed by atoms with Crippen LogP contribution in [0, 0.1) is 0 Å². The van der Waals surface area contributed by atoms with Crippen LogP contribution < -0.4 is 5.32 Å². The van der Waals surface area contributed by atoms with E-state index in [9.17, 15) is 4.79 Å². The molecule has 1 aliphatic rings. The Morgan fingerprint density at radius 2 is 2.50 bits per heavy atom. The monoisotopic (exact) mass is 143 g/mol. The summed E-state index contributed by atoms with van der Waals surface area (Å²) in [6, 6.07) is 0.333. The summed E-state index contributed by atoms with van der Waals surface area (Å²) < 4.78 is 0. The molecule has 1 rings (SSSR count). The average molecular weight is 143 g/mol. The predicted octanol–water partition coefficient (Wildman–Crippen LogP) is -0.310. The van der Waals surface area contributed by atoms with Crippen LogP contribution in [0.2, 0.25) is 0 Å². The molecule has 1 atom stereocenters. The van der Waals surface area contributed by atoms with Crippen LogP contribution in [0.25, 0.3) is 0 Å².